The van der Waals surface area contributed by atoms with Crippen molar-refractivity contribution in [3.63, 3.8) is 0 Å². The Morgan fingerprint density at radius 1 is 1.24 bits per heavy atom. The maximum Gasteiger partial charge on any atom is 0.250 e. The Balaban J connectivity index is 2.19. The molecule has 1 aromatic carbocycles. The summed E-state index contributed by atoms with van der Waals surface area (Å²) in [5.41, 5.74) is 3.49. The number of alkyl halides is 1. The summed E-state index contributed by atoms with van der Waals surface area (Å²) >= 11 is 11.3. The normalized spacial score (nSPS) is 17.2. The molecule has 1 unspecified atom stereocenters. The highest BCUT2D eigenvalue weighted by Crippen LogP contribution is 2.27. The molecule has 10 heteroatoms. The average molecular weight is 500 g/mol. The van der Waals surface area contributed by atoms with Crippen molar-refractivity contribution in [1.29, 1.82) is 0 Å². The molecule has 33 heavy (non-hydrogen) atoms. The molecule has 0 saturated heterocycles. The van der Waals surface area contributed by atoms with Crippen molar-refractivity contribution >= 4 is 52.8 Å². The first kappa shape index (κ1) is 26.8. The van der Waals surface area contributed by atoms with Crippen LogP contribution in [0, 0.1) is 11.7 Å². The summed E-state index contributed by atoms with van der Waals surface area (Å²) in [6.07, 6.45) is 7.65. The Kier molecular flexibility index (Phi) is 9.86. The number of benzene rings is 1. The molecule has 180 valence electrons. The number of amides is 3. The predicted octanol–water partition coefficient (Wildman–Crippen LogP) is 3.12. The summed E-state index contributed by atoms with van der Waals surface area (Å²) in [6.45, 7) is 1.18. The minimum atomic E-state index is -2.00. The highest BCUT2D eigenvalue weighted by molar-refractivity contribution is 6.32. The maximum absolute atomic E-state index is 14.0. The molecule has 3 amide bonds. The van der Waals surface area contributed by atoms with Gasteiger partial charge in [0.15, 0.2) is 11.3 Å². The van der Waals surface area contributed by atoms with Crippen LogP contribution in [0.3, 0.4) is 0 Å². The number of halogens is 3. The van der Waals surface area contributed by atoms with Crippen LogP contribution in [0.15, 0.2) is 24.3 Å². The quantitative estimate of drug-likeness (QED) is 0.260. The van der Waals surface area contributed by atoms with Gasteiger partial charge in [0.1, 0.15) is 11.9 Å². The van der Waals surface area contributed by atoms with E-state index in [0.29, 0.717) is 6.42 Å². The number of carbonyl (C=O) groups excluding carboxylic acids is 4. The molecule has 0 radical (unpaired) electrons. The third kappa shape index (κ3) is 7.54. The van der Waals surface area contributed by atoms with E-state index < -0.39 is 46.8 Å². The summed E-state index contributed by atoms with van der Waals surface area (Å²) in [6, 6.07) is 3.00. The van der Waals surface area contributed by atoms with E-state index in [1.54, 1.807) is 0 Å². The van der Waals surface area contributed by atoms with Crippen LogP contribution in [-0.4, -0.2) is 41.0 Å². The van der Waals surface area contributed by atoms with Gasteiger partial charge in [-0.05, 0) is 37.5 Å². The SMILES string of the molecule is CC(NC(=O)[C@@H](CC1CCCCC1)NC(=O)/C=C/c1ccc(Cl)cc1F)(C(N)=O)C(=O)CCl. The van der Waals surface area contributed by atoms with Gasteiger partial charge < -0.3 is 16.4 Å². The van der Waals surface area contributed by atoms with Gasteiger partial charge in [0.2, 0.25) is 11.8 Å². The number of primary amides is 1. The van der Waals surface area contributed by atoms with Crippen LogP contribution >= 0.6 is 23.2 Å². The van der Waals surface area contributed by atoms with Crippen LogP contribution in [0.2, 0.25) is 5.02 Å². The highest BCUT2D eigenvalue weighted by atomic mass is 35.5. The Labute approximate surface area is 202 Å². The lowest BCUT2D eigenvalue weighted by Crippen LogP contribution is -2.64. The topological polar surface area (TPSA) is 118 Å². The maximum atomic E-state index is 14.0. The van der Waals surface area contributed by atoms with Gasteiger partial charge in [-0.3, -0.25) is 19.2 Å². The van der Waals surface area contributed by atoms with Crippen molar-refractivity contribution in [2.75, 3.05) is 5.88 Å². The van der Waals surface area contributed by atoms with E-state index in [4.69, 9.17) is 28.9 Å². The number of rotatable bonds is 10. The molecule has 1 aromatic rings. The summed E-state index contributed by atoms with van der Waals surface area (Å²) < 4.78 is 14.0. The summed E-state index contributed by atoms with van der Waals surface area (Å²) in [4.78, 5) is 49.6. The Morgan fingerprint density at radius 3 is 2.48 bits per heavy atom. The zero-order valence-corrected chi connectivity index (χ0v) is 19.8. The molecule has 1 saturated carbocycles. The van der Waals surface area contributed by atoms with E-state index in [0.717, 1.165) is 44.2 Å². The van der Waals surface area contributed by atoms with Gasteiger partial charge in [0, 0.05) is 16.7 Å². The van der Waals surface area contributed by atoms with Gasteiger partial charge in [-0.1, -0.05) is 49.8 Å². The molecule has 0 aliphatic heterocycles. The second-order valence-electron chi connectivity index (χ2n) is 8.34. The van der Waals surface area contributed by atoms with Gasteiger partial charge in [-0.25, -0.2) is 4.39 Å². The largest absolute Gasteiger partial charge is 0.367 e. The number of nitrogens with one attached hydrogen (secondary N) is 2. The van der Waals surface area contributed by atoms with Crippen molar-refractivity contribution in [3.05, 3.63) is 40.7 Å². The smallest absolute Gasteiger partial charge is 0.250 e. The Bertz CT molecular complexity index is 934. The van der Waals surface area contributed by atoms with E-state index >= 15 is 0 Å². The lowest BCUT2D eigenvalue weighted by molar-refractivity contribution is -0.139. The lowest BCUT2D eigenvalue weighted by Gasteiger charge is -2.30. The number of ketones is 1. The lowest BCUT2D eigenvalue weighted by atomic mass is 9.84. The second kappa shape index (κ2) is 12.1. The second-order valence-corrected chi connectivity index (χ2v) is 9.04. The number of nitrogens with two attached hydrogens (primary N) is 1. The standard InChI is InChI=1S/C23H28Cl2FN3O4/c1-23(22(27)33,19(30)13-24)29-21(32)18(11-14-5-3-2-4-6-14)28-20(31)10-8-15-7-9-16(25)12-17(15)26/h7-10,12,14,18H,2-6,11,13H2,1H3,(H2,27,33)(H,28,31)(H,29,32)/b10-8+/t18-,23?/m1/s1. The number of hydrogen-bond donors (Lipinski definition) is 3. The van der Waals surface area contributed by atoms with Crippen molar-refractivity contribution in [2.45, 2.75) is 57.0 Å². The van der Waals surface area contributed by atoms with Gasteiger partial charge in [0.25, 0.3) is 5.91 Å². The van der Waals surface area contributed by atoms with Crippen molar-refractivity contribution in [2.24, 2.45) is 11.7 Å². The van der Waals surface area contributed by atoms with Crippen molar-refractivity contribution in [3.8, 4) is 0 Å². The molecular weight excluding hydrogens is 472 g/mol. The van der Waals surface area contributed by atoms with E-state index in [-0.39, 0.29) is 16.5 Å². The first-order chi connectivity index (χ1) is 15.6. The summed E-state index contributed by atoms with van der Waals surface area (Å²) in [7, 11) is 0. The fraction of sp³-hybridized carbons (Fsp3) is 0.478. The first-order valence-electron chi connectivity index (χ1n) is 10.7. The van der Waals surface area contributed by atoms with Crippen LogP contribution in [0.4, 0.5) is 4.39 Å². The molecule has 7 nitrogen and oxygen atoms in total. The van der Waals surface area contributed by atoms with Crippen LogP contribution in [0.5, 0.6) is 0 Å². The van der Waals surface area contributed by atoms with E-state index in [9.17, 15) is 23.6 Å². The van der Waals surface area contributed by atoms with E-state index in [2.05, 4.69) is 10.6 Å². The van der Waals surface area contributed by atoms with Gasteiger partial charge in [-0.15, -0.1) is 11.6 Å². The average Bonchev–Trinajstić information content (AvgIpc) is 2.77. The van der Waals surface area contributed by atoms with E-state index in [1.807, 2.05) is 0 Å². The third-order valence-electron chi connectivity index (χ3n) is 5.85. The molecular formula is C23H28Cl2FN3O4. The Hall–Kier alpha value is -2.45. The molecule has 0 aromatic heterocycles. The number of hydrogen-bond acceptors (Lipinski definition) is 4. The number of Topliss-reactive ketones (excluding diaryl/α,β-unsaturated/α-hetero) is 1. The molecule has 1 aliphatic rings. The monoisotopic (exact) mass is 499 g/mol. The molecule has 2 rings (SSSR count). The summed E-state index contributed by atoms with van der Waals surface area (Å²) in [5, 5.41) is 5.19. The predicted molar refractivity (Wildman–Crippen MR) is 125 cm³/mol. The molecule has 0 heterocycles. The highest BCUT2D eigenvalue weighted by Gasteiger charge is 2.41. The molecule has 0 spiro atoms. The minimum absolute atomic E-state index is 0.150. The molecule has 2 atom stereocenters. The van der Waals surface area contributed by atoms with Gasteiger partial charge >= 0.3 is 0 Å². The van der Waals surface area contributed by atoms with Crippen molar-refractivity contribution in [1.82, 2.24) is 10.6 Å². The van der Waals surface area contributed by atoms with Crippen molar-refractivity contribution < 1.29 is 23.6 Å². The third-order valence-corrected chi connectivity index (χ3v) is 6.33. The zero-order valence-electron chi connectivity index (χ0n) is 18.3. The zero-order chi connectivity index (χ0) is 24.6. The van der Waals surface area contributed by atoms with Crippen LogP contribution in [-0.2, 0) is 19.2 Å². The van der Waals surface area contributed by atoms with Gasteiger partial charge in [-0.2, -0.15) is 0 Å². The Morgan fingerprint density at radius 2 is 1.91 bits per heavy atom. The van der Waals surface area contributed by atoms with Crippen LogP contribution < -0.4 is 16.4 Å². The van der Waals surface area contributed by atoms with E-state index in [1.165, 1.54) is 25.1 Å². The molecule has 1 fully saturated rings. The van der Waals surface area contributed by atoms with Crippen LogP contribution in [0.25, 0.3) is 6.08 Å². The molecule has 0 bridgehead atoms. The number of carbonyl (C=O) groups is 4. The summed E-state index contributed by atoms with van der Waals surface area (Å²) in [5.74, 6) is -4.09. The molecule has 1 aliphatic carbocycles. The molecule has 4 N–H and O–H groups in total. The fourth-order valence-corrected chi connectivity index (χ4v) is 4.17. The van der Waals surface area contributed by atoms with Crippen LogP contribution in [0.1, 0.15) is 51.0 Å². The first-order valence-corrected chi connectivity index (χ1v) is 11.6. The minimum Gasteiger partial charge on any atom is -0.367 e. The fourth-order valence-electron chi connectivity index (χ4n) is 3.75. The van der Waals surface area contributed by atoms with Gasteiger partial charge in [0.05, 0.1) is 5.88 Å².